The standard InChI is InChI=1S/C14H22N6O2/c1-9(19-14-16-6-3-7-17-14)8-18-13(22)11-5-4-10(12(15)21)20(11)2/h4-5,9H,3,6-8H2,1-2H3,(H2,15,21)(H,18,22)(H2,16,17,19). The number of aliphatic imine (C=N–C) groups is 1. The molecule has 0 aliphatic carbocycles. The van der Waals surface area contributed by atoms with Crippen LogP contribution in [0.1, 0.15) is 34.3 Å². The van der Waals surface area contributed by atoms with Crippen LogP contribution in [0.15, 0.2) is 17.1 Å². The minimum Gasteiger partial charge on any atom is -0.364 e. The minimum absolute atomic E-state index is 0.0316. The van der Waals surface area contributed by atoms with Crippen molar-refractivity contribution in [3.8, 4) is 0 Å². The van der Waals surface area contributed by atoms with Crippen LogP contribution in [0.25, 0.3) is 0 Å². The number of aromatic nitrogens is 1. The van der Waals surface area contributed by atoms with E-state index in [0.717, 1.165) is 25.5 Å². The van der Waals surface area contributed by atoms with Gasteiger partial charge in [0.2, 0.25) is 0 Å². The van der Waals surface area contributed by atoms with Crippen LogP contribution in [-0.4, -0.2) is 48.0 Å². The molecule has 1 aromatic heterocycles. The van der Waals surface area contributed by atoms with E-state index in [1.807, 2.05) is 6.92 Å². The zero-order valence-corrected chi connectivity index (χ0v) is 12.8. The number of carbonyl (C=O) groups is 2. The summed E-state index contributed by atoms with van der Waals surface area (Å²) in [5, 5.41) is 9.20. The number of nitrogens with zero attached hydrogens (tertiary/aromatic N) is 2. The van der Waals surface area contributed by atoms with E-state index in [9.17, 15) is 9.59 Å². The van der Waals surface area contributed by atoms with Crippen molar-refractivity contribution in [1.82, 2.24) is 20.5 Å². The Morgan fingerprint density at radius 3 is 2.77 bits per heavy atom. The van der Waals surface area contributed by atoms with Crippen LogP contribution in [0.4, 0.5) is 0 Å². The summed E-state index contributed by atoms with van der Waals surface area (Å²) in [6.07, 6.45) is 1.03. The average Bonchev–Trinajstić information content (AvgIpc) is 2.88. The molecular weight excluding hydrogens is 284 g/mol. The smallest absolute Gasteiger partial charge is 0.267 e. The Balaban J connectivity index is 1.87. The van der Waals surface area contributed by atoms with E-state index in [1.165, 1.54) is 4.57 Å². The van der Waals surface area contributed by atoms with Crippen molar-refractivity contribution in [2.24, 2.45) is 17.8 Å². The molecule has 22 heavy (non-hydrogen) atoms. The first-order valence-electron chi connectivity index (χ1n) is 7.27. The van der Waals surface area contributed by atoms with Gasteiger partial charge in [-0.05, 0) is 25.5 Å². The minimum atomic E-state index is -0.557. The van der Waals surface area contributed by atoms with Gasteiger partial charge in [0.25, 0.3) is 11.8 Å². The fourth-order valence-electron chi connectivity index (χ4n) is 2.24. The number of hydrogen-bond donors (Lipinski definition) is 4. The van der Waals surface area contributed by atoms with E-state index in [2.05, 4.69) is 20.9 Å². The number of nitrogens with one attached hydrogen (secondary N) is 3. The molecule has 0 bridgehead atoms. The van der Waals surface area contributed by atoms with Gasteiger partial charge in [-0.25, -0.2) is 0 Å². The Morgan fingerprint density at radius 1 is 1.45 bits per heavy atom. The van der Waals surface area contributed by atoms with Crippen LogP contribution >= 0.6 is 0 Å². The monoisotopic (exact) mass is 306 g/mol. The molecule has 1 atom stereocenters. The number of guanidine groups is 1. The summed E-state index contributed by atoms with van der Waals surface area (Å²) in [6, 6.07) is 3.16. The second-order valence-corrected chi connectivity index (χ2v) is 5.29. The van der Waals surface area contributed by atoms with Crippen molar-refractivity contribution in [2.75, 3.05) is 19.6 Å². The molecule has 1 aliphatic heterocycles. The molecule has 1 aliphatic rings. The van der Waals surface area contributed by atoms with E-state index in [0.29, 0.717) is 17.9 Å². The van der Waals surface area contributed by atoms with Crippen LogP contribution in [0, 0.1) is 0 Å². The van der Waals surface area contributed by atoms with E-state index in [4.69, 9.17) is 5.73 Å². The van der Waals surface area contributed by atoms with Gasteiger partial charge in [-0.1, -0.05) is 0 Å². The topological polar surface area (TPSA) is 114 Å². The van der Waals surface area contributed by atoms with Crippen LogP contribution in [0.2, 0.25) is 0 Å². The summed E-state index contributed by atoms with van der Waals surface area (Å²) in [5.74, 6) is -0.0389. The number of rotatable bonds is 5. The Kier molecular flexibility index (Phi) is 5.03. The zero-order chi connectivity index (χ0) is 16.1. The highest BCUT2D eigenvalue weighted by Gasteiger charge is 2.16. The molecule has 0 saturated carbocycles. The molecule has 0 saturated heterocycles. The Hall–Kier alpha value is -2.51. The number of primary amides is 1. The quantitative estimate of drug-likeness (QED) is 0.569. The van der Waals surface area contributed by atoms with Gasteiger partial charge in [0.15, 0.2) is 5.96 Å². The Bertz CT molecular complexity index is 592. The Labute approximate surface area is 129 Å². The molecule has 2 heterocycles. The fraction of sp³-hybridized carbons (Fsp3) is 0.500. The number of carbonyl (C=O) groups excluding carboxylic acids is 2. The van der Waals surface area contributed by atoms with Gasteiger partial charge >= 0.3 is 0 Å². The van der Waals surface area contributed by atoms with Gasteiger partial charge in [0, 0.05) is 32.7 Å². The maximum absolute atomic E-state index is 12.1. The first kappa shape index (κ1) is 15.9. The highest BCUT2D eigenvalue weighted by atomic mass is 16.2. The molecule has 8 heteroatoms. The molecule has 0 spiro atoms. The summed E-state index contributed by atoms with van der Waals surface area (Å²) in [6.45, 7) is 4.12. The molecule has 120 valence electrons. The third-order valence-electron chi connectivity index (χ3n) is 3.46. The predicted octanol–water partition coefficient (Wildman–Crippen LogP) is -0.819. The predicted molar refractivity (Wildman–Crippen MR) is 83.8 cm³/mol. The lowest BCUT2D eigenvalue weighted by Gasteiger charge is -2.21. The normalized spacial score (nSPS) is 15.5. The van der Waals surface area contributed by atoms with Crippen LogP contribution < -0.4 is 21.7 Å². The largest absolute Gasteiger partial charge is 0.364 e. The summed E-state index contributed by atoms with van der Waals surface area (Å²) in [4.78, 5) is 27.6. The lowest BCUT2D eigenvalue weighted by Crippen LogP contribution is -2.48. The number of nitrogens with two attached hydrogens (primary N) is 1. The van der Waals surface area contributed by atoms with Gasteiger partial charge in [0.05, 0.1) is 0 Å². The fourth-order valence-corrected chi connectivity index (χ4v) is 2.24. The summed E-state index contributed by atoms with van der Waals surface area (Å²) in [7, 11) is 1.64. The first-order valence-corrected chi connectivity index (χ1v) is 7.27. The van der Waals surface area contributed by atoms with Crippen LogP contribution in [0.3, 0.4) is 0 Å². The zero-order valence-electron chi connectivity index (χ0n) is 12.8. The second kappa shape index (κ2) is 6.97. The van der Waals surface area contributed by atoms with Gasteiger partial charge < -0.3 is 26.3 Å². The van der Waals surface area contributed by atoms with Crippen LogP contribution in [0.5, 0.6) is 0 Å². The van der Waals surface area contributed by atoms with Crippen molar-refractivity contribution >= 4 is 17.8 Å². The molecular formula is C14H22N6O2. The van der Waals surface area contributed by atoms with E-state index in [1.54, 1.807) is 19.2 Å². The van der Waals surface area contributed by atoms with Crippen molar-refractivity contribution in [2.45, 2.75) is 19.4 Å². The van der Waals surface area contributed by atoms with Crippen LogP contribution in [-0.2, 0) is 7.05 Å². The maximum Gasteiger partial charge on any atom is 0.267 e. The van der Waals surface area contributed by atoms with Gasteiger partial charge in [-0.15, -0.1) is 0 Å². The molecule has 2 rings (SSSR count). The summed E-state index contributed by atoms with van der Waals surface area (Å²) >= 11 is 0. The second-order valence-electron chi connectivity index (χ2n) is 5.29. The summed E-state index contributed by atoms with van der Waals surface area (Å²) < 4.78 is 1.49. The SMILES string of the molecule is CC(CNC(=O)c1ccc(C(N)=O)n1C)NC1=NCCCN1. The molecule has 0 aromatic carbocycles. The highest BCUT2D eigenvalue weighted by Crippen LogP contribution is 2.06. The molecule has 0 fully saturated rings. The maximum atomic E-state index is 12.1. The average molecular weight is 306 g/mol. The van der Waals surface area contributed by atoms with E-state index < -0.39 is 5.91 Å². The summed E-state index contributed by atoms with van der Waals surface area (Å²) in [5.41, 5.74) is 5.93. The van der Waals surface area contributed by atoms with Gasteiger partial charge in [-0.3, -0.25) is 14.6 Å². The van der Waals surface area contributed by atoms with E-state index in [-0.39, 0.29) is 11.9 Å². The third-order valence-corrected chi connectivity index (χ3v) is 3.46. The van der Waals surface area contributed by atoms with Crippen molar-refractivity contribution in [3.05, 3.63) is 23.5 Å². The van der Waals surface area contributed by atoms with Gasteiger partial charge in [-0.2, -0.15) is 0 Å². The molecule has 5 N–H and O–H groups in total. The number of amides is 2. The number of hydrogen-bond acceptors (Lipinski definition) is 5. The molecule has 2 amide bonds. The molecule has 0 radical (unpaired) electrons. The molecule has 8 nitrogen and oxygen atoms in total. The van der Waals surface area contributed by atoms with Crippen molar-refractivity contribution in [3.63, 3.8) is 0 Å². The first-order chi connectivity index (χ1) is 10.5. The third kappa shape index (κ3) is 3.78. The lowest BCUT2D eigenvalue weighted by molar-refractivity contribution is 0.0942. The Morgan fingerprint density at radius 2 is 2.18 bits per heavy atom. The molecule has 1 aromatic rings. The van der Waals surface area contributed by atoms with Crippen molar-refractivity contribution in [1.29, 1.82) is 0 Å². The molecule has 1 unspecified atom stereocenters. The van der Waals surface area contributed by atoms with E-state index >= 15 is 0 Å². The van der Waals surface area contributed by atoms with Crippen molar-refractivity contribution < 1.29 is 9.59 Å². The lowest BCUT2D eigenvalue weighted by atomic mass is 10.3. The highest BCUT2D eigenvalue weighted by molar-refractivity contribution is 5.97. The van der Waals surface area contributed by atoms with Gasteiger partial charge in [0.1, 0.15) is 11.4 Å².